The smallest absolute Gasteiger partial charge is 0.336 e. The lowest BCUT2D eigenvalue weighted by Gasteiger charge is -2.29. The highest BCUT2D eigenvalue weighted by atomic mass is 32.1. The van der Waals surface area contributed by atoms with Gasteiger partial charge in [0.05, 0.1) is 54.6 Å². The van der Waals surface area contributed by atoms with Gasteiger partial charge in [0.15, 0.2) is 0 Å². The first-order valence-corrected chi connectivity index (χ1v) is 15.1. The molecule has 234 valence electrons. The Hall–Kier alpha value is -4.72. The fourth-order valence-electron chi connectivity index (χ4n) is 5.61. The largest absolute Gasteiger partial charge is 0.496 e. The van der Waals surface area contributed by atoms with Gasteiger partial charge in [0.25, 0.3) is 5.56 Å². The van der Waals surface area contributed by atoms with Crippen molar-refractivity contribution in [1.29, 1.82) is 0 Å². The van der Waals surface area contributed by atoms with Crippen molar-refractivity contribution in [3.8, 4) is 28.0 Å². The number of carboxylic acid groups (broad SMARTS) is 1. The maximum absolute atomic E-state index is 14.5. The SMILES string of the molecule is COc1ccccc1C(Cn1c(=O)n(-c2ccc(C(=O)O)cc2OC)c(=O)c2c(C)c(-c3ncco3)sc21)OC1CCOCC1. The number of ether oxygens (including phenoxy) is 4. The van der Waals surface area contributed by atoms with Crippen LogP contribution in [0.1, 0.15) is 40.4 Å². The number of carbonyl (C=O) groups is 1. The number of rotatable bonds is 10. The molecule has 0 bridgehead atoms. The molecular formula is C32H31N3O9S. The minimum Gasteiger partial charge on any atom is -0.496 e. The van der Waals surface area contributed by atoms with E-state index >= 15 is 0 Å². The van der Waals surface area contributed by atoms with Crippen LogP contribution >= 0.6 is 11.3 Å². The van der Waals surface area contributed by atoms with Crippen molar-refractivity contribution < 1.29 is 33.3 Å². The number of hydrogen-bond donors (Lipinski definition) is 1. The highest BCUT2D eigenvalue weighted by molar-refractivity contribution is 7.22. The van der Waals surface area contributed by atoms with Gasteiger partial charge in [0.2, 0.25) is 5.89 Å². The number of para-hydroxylation sites is 1. The highest BCUT2D eigenvalue weighted by Crippen LogP contribution is 2.38. The molecule has 0 aliphatic carbocycles. The summed E-state index contributed by atoms with van der Waals surface area (Å²) in [5.41, 5.74) is 0.154. The average molecular weight is 634 g/mol. The van der Waals surface area contributed by atoms with Crippen LogP contribution in [0.25, 0.3) is 26.7 Å². The summed E-state index contributed by atoms with van der Waals surface area (Å²) in [7, 11) is 2.93. The number of methoxy groups -OCH3 is 2. The zero-order valence-corrected chi connectivity index (χ0v) is 25.7. The molecule has 1 aliphatic rings. The molecule has 0 spiro atoms. The predicted octanol–water partition coefficient (Wildman–Crippen LogP) is 4.83. The van der Waals surface area contributed by atoms with Gasteiger partial charge in [-0.3, -0.25) is 9.36 Å². The van der Waals surface area contributed by atoms with Gasteiger partial charge in [0.1, 0.15) is 28.7 Å². The van der Waals surface area contributed by atoms with Crippen molar-refractivity contribution in [2.24, 2.45) is 0 Å². The minimum absolute atomic E-state index is 0.0356. The molecule has 1 saturated heterocycles. The normalized spacial score (nSPS) is 14.5. The van der Waals surface area contributed by atoms with Crippen LogP contribution in [0.3, 0.4) is 0 Å². The Morgan fingerprint density at radius 1 is 1.11 bits per heavy atom. The second-order valence-electron chi connectivity index (χ2n) is 10.5. The molecule has 2 aromatic carbocycles. The van der Waals surface area contributed by atoms with Crippen molar-refractivity contribution >= 4 is 27.5 Å². The third-order valence-electron chi connectivity index (χ3n) is 7.87. The number of fused-ring (bicyclic) bond motifs is 1. The van der Waals surface area contributed by atoms with Crippen LogP contribution in [0, 0.1) is 6.92 Å². The molecule has 0 saturated carbocycles. The summed E-state index contributed by atoms with van der Waals surface area (Å²) in [6, 6.07) is 11.5. The van der Waals surface area contributed by atoms with E-state index in [2.05, 4.69) is 4.98 Å². The van der Waals surface area contributed by atoms with Crippen molar-refractivity contribution in [2.45, 2.75) is 38.5 Å². The van der Waals surface area contributed by atoms with Gasteiger partial charge in [-0.2, -0.15) is 0 Å². The molecule has 6 rings (SSSR count). The van der Waals surface area contributed by atoms with Gasteiger partial charge in [-0.1, -0.05) is 18.2 Å². The van der Waals surface area contributed by atoms with Gasteiger partial charge < -0.3 is 28.5 Å². The van der Waals surface area contributed by atoms with E-state index in [1.807, 2.05) is 24.3 Å². The van der Waals surface area contributed by atoms with Crippen LogP contribution in [0.2, 0.25) is 0 Å². The number of aryl methyl sites for hydroxylation is 1. The van der Waals surface area contributed by atoms with Crippen molar-refractivity contribution in [2.75, 3.05) is 27.4 Å². The first-order valence-electron chi connectivity index (χ1n) is 14.3. The highest BCUT2D eigenvalue weighted by Gasteiger charge is 2.29. The van der Waals surface area contributed by atoms with E-state index < -0.39 is 23.3 Å². The van der Waals surface area contributed by atoms with E-state index in [1.54, 1.807) is 14.0 Å². The number of carboxylic acids is 1. The lowest BCUT2D eigenvalue weighted by Crippen LogP contribution is -2.40. The number of benzene rings is 2. The summed E-state index contributed by atoms with van der Waals surface area (Å²) >= 11 is 1.23. The Labute approximate surface area is 261 Å². The predicted molar refractivity (Wildman–Crippen MR) is 166 cm³/mol. The van der Waals surface area contributed by atoms with Crippen molar-refractivity contribution in [1.82, 2.24) is 14.1 Å². The van der Waals surface area contributed by atoms with E-state index in [4.69, 9.17) is 23.4 Å². The van der Waals surface area contributed by atoms with E-state index in [0.29, 0.717) is 58.4 Å². The molecule has 4 heterocycles. The molecule has 3 aromatic heterocycles. The first-order chi connectivity index (χ1) is 21.8. The molecule has 1 fully saturated rings. The van der Waals surface area contributed by atoms with E-state index in [-0.39, 0.29) is 29.6 Å². The summed E-state index contributed by atoms with van der Waals surface area (Å²) in [4.78, 5) is 45.7. The lowest BCUT2D eigenvalue weighted by atomic mass is 10.1. The van der Waals surface area contributed by atoms with Crippen molar-refractivity contribution in [3.63, 3.8) is 0 Å². The summed E-state index contributed by atoms with van der Waals surface area (Å²) < 4.78 is 31.5. The fourth-order valence-corrected chi connectivity index (χ4v) is 6.85. The Balaban J connectivity index is 1.61. The molecule has 13 heteroatoms. The number of aromatic carboxylic acids is 1. The third kappa shape index (κ3) is 5.65. The van der Waals surface area contributed by atoms with Gasteiger partial charge in [-0.05, 0) is 49.6 Å². The molecule has 1 atom stereocenters. The molecule has 0 radical (unpaired) electrons. The van der Waals surface area contributed by atoms with Gasteiger partial charge in [0, 0.05) is 18.8 Å². The number of nitrogens with zero attached hydrogens (tertiary/aromatic N) is 3. The number of aromatic nitrogens is 3. The monoisotopic (exact) mass is 633 g/mol. The maximum atomic E-state index is 14.5. The second kappa shape index (κ2) is 12.7. The Morgan fingerprint density at radius 2 is 1.87 bits per heavy atom. The molecule has 1 aliphatic heterocycles. The standard InChI is InChI=1S/C32H31N3O9S/c1-18-26-29(36)35(22-9-8-19(31(37)38)16-24(22)41-3)32(39)34(30(26)45-27(18)28-33-12-15-43-28)17-25(44-20-10-13-42-14-11-20)21-6-4-5-7-23(21)40-2/h4-9,12,15-16,20,25H,10-11,13-14,17H2,1-3H3,(H,37,38). The zero-order valence-electron chi connectivity index (χ0n) is 24.8. The van der Waals surface area contributed by atoms with E-state index in [9.17, 15) is 19.5 Å². The molecular weight excluding hydrogens is 602 g/mol. The summed E-state index contributed by atoms with van der Waals surface area (Å²) in [5, 5.41) is 9.83. The molecule has 0 amide bonds. The fraction of sp³-hybridized carbons (Fsp3) is 0.312. The van der Waals surface area contributed by atoms with Gasteiger partial charge >= 0.3 is 11.7 Å². The summed E-state index contributed by atoms with van der Waals surface area (Å²) in [6.07, 6.45) is 3.57. The van der Waals surface area contributed by atoms with E-state index in [1.165, 1.54) is 53.7 Å². The Kier molecular flexibility index (Phi) is 8.57. The number of hydrogen-bond acceptors (Lipinski definition) is 10. The lowest BCUT2D eigenvalue weighted by molar-refractivity contribution is -0.0752. The number of thiophene rings is 1. The minimum atomic E-state index is -1.17. The van der Waals surface area contributed by atoms with Crippen LogP contribution in [-0.2, 0) is 16.0 Å². The van der Waals surface area contributed by atoms with Crippen LogP contribution < -0.4 is 20.7 Å². The van der Waals surface area contributed by atoms with Crippen LogP contribution in [-0.4, -0.2) is 58.7 Å². The molecule has 1 N–H and O–H groups in total. The second-order valence-corrected chi connectivity index (χ2v) is 11.5. The average Bonchev–Trinajstić information content (AvgIpc) is 3.71. The Morgan fingerprint density at radius 3 is 2.56 bits per heavy atom. The topological polar surface area (TPSA) is 144 Å². The molecule has 1 unspecified atom stereocenters. The zero-order chi connectivity index (χ0) is 31.7. The van der Waals surface area contributed by atoms with Crippen LogP contribution in [0.4, 0.5) is 0 Å². The number of oxazole rings is 1. The van der Waals surface area contributed by atoms with Crippen molar-refractivity contribution in [3.05, 3.63) is 92.5 Å². The molecule has 45 heavy (non-hydrogen) atoms. The summed E-state index contributed by atoms with van der Waals surface area (Å²) in [6.45, 7) is 2.94. The molecule has 12 nitrogen and oxygen atoms in total. The van der Waals surface area contributed by atoms with E-state index in [0.717, 1.165) is 10.1 Å². The summed E-state index contributed by atoms with van der Waals surface area (Å²) in [5.74, 6) is -0.197. The maximum Gasteiger partial charge on any atom is 0.336 e. The quantitative estimate of drug-likeness (QED) is 0.227. The molecule has 5 aromatic rings. The Bertz CT molecular complexity index is 1970. The third-order valence-corrected chi connectivity index (χ3v) is 9.17. The van der Waals surface area contributed by atoms with Gasteiger partial charge in [-0.25, -0.2) is 19.1 Å². The van der Waals surface area contributed by atoms with Crippen LogP contribution in [0.15, 0.2) is 68.9 Å². The first kappa shape index (κ1) is 30.3. The van der Waals surface area contributed by atoms with Crippen LogP contribution in [0.5, 0.6) is 11.5 Å². The van der Waals surface area contributed by atoms with Gasteiger partial charge in [-0.15, -0.1) is 11.3 Å².